The van der Waals surface area contributed by atoms with Crippen molar-refractivity contribution in [3.63, 3.8) is 0 Å². The summed E-state index contributed by atoms with van der Waals surface area (Å²) in [4.78, 5) is 13.3. The van der Waals surface area contributed by atoms with Crippen LogP contribution in [0.3, 0.4) is 0 Å². The van der Waals surface area contributed by atoms with E-state index in [1.807, 2.05) is 94.4 Å². The van der Waals surface area contributed by atoms with Gasteiger partial charge in [0.25, 0.3) is 0 Å². The van der Waals surface area contributed by atoms with E-state index in [1.54, 1.807) is 32.4 Å². The van der Waals surface area contributed by atoms with Crippen molar-refractivity contribution in [2.45, 2.75) is 38.9 Å². The Labute approximate surface area is 663 Å². The SMILES string of the molecule is CC1(C)OB(c2ccccc2N)OC1(C)C.COc1ccc(Br)c(C#N)c1.COc1ccc2c(c1)c(N)nc1ccccc12.O=[P+]([O-])O[O-].[Cl][Pd][Cl].[K+].[K][K].c1ccc(P(c2ccccc2)c2ccccc2)cc1.c1ccc(P(c2ccccc2)c2ccccc2)cc1. The number of hydrogen-bond acceptors (Lipinski definition) is 12. The zero-order valence-electron chi connectivity index (χ0n) is 53.1. The molecule has 12 nitrogen and oxygen atoms in total. The largest absolute Gasteiger partial charge is 0.0622 e. The summed E-state index contributed by atoms with van der Waals surface area (Å²) in [6.45, 7) is 8.14. The van der Waals surface area contributed by atoms with Gasteiger partial charge < -0.3 is 40.4 Å². The zero-order chi connectivity index (χ0) is 66.9. The minimum absolute atomic E-state index is 0. The van der Waals surface area contributed by atoms with E-state index in [-0.39, 0.29) is 85.6 Å². The molecule has 0 radical (unpaired) electrons. The van der Waals surface area contributed by atoms with Gasteiger partial charge >= 0.3 is 165 Å². The van der Waals surface area contributed by atoms with Crippen LogP contribution in [0.1, 0.15) is 33.3 Å². The molecule has 93 heavy (non-hydrogen) atoms. The molecule has 12 rings (SSSR count). The van der Waals surface area contributed by atoms with Crippen molar-refractivity contribution in [1.29, 1.82) is 5.26 Å². The molecule has 10 aromatic carbocycles. The van der Waals surface area contributed by atoms with Gasteiger partial charge in [-0.25, -0.2) is 9.66 Å². The molecule has 1 aliphatic heterocycles. The van der Waals surface area contributed by atoms with Crippen LogP contribution in [0, 0.1) is 11.3 Å². The third-order valence-electron chi connectivity index (χ3n) is 13.9. The molecule has 11 aromatic rings. The third kappa shape index (κ3) is 26.9. The number of para-hydroxylation sites is 2. The standard InChI is InChI=1S/2C18H15P.C14H12N2O.C12H18BNO2.C8H6BrNO.2ClH.3K.HO4P.Pd/c2*1-4-10-16(11-5-1)19(17-12-6-2-7-13-17)18-14-8-3-9-15-18;1-17-9-6-7-10-11-4-2-3-5-13(11)16-14(15)12(10)8-9;1-11(2)12(3,4)16-13(15-11)9-7-5-6-8-10(9)14;1-11-7-2-3-8(9)6(4-7)5-10;;;;;;1-4-5(2)3;/h2*1-15H;2-8H,1H3,(H2,15,16);5-8H,14H2,1-4H3;2-4H,1H3;2*1H;;;;1H;/q;;;;;;;;;+1;;+2/p-3. The first-order chi connectivity index (χ1) is 44.5. The summed E-state index contributed by atoms with van der Waals surface area (Å²) in [5.74, 6) is 2.03. The van der Waals surface area contributed by atoms with Crippen molar-refractivity contribution in [2.75, 3.05) is 25.7 Å². The Morgan fingerprint density at radius 2 is 0.892 bits per heavy atom. The molecule has 0 aliphatic carbocycles. The maximum absolute atomic E-state index is 8.87. The minimum Gasteiger partial charge on any atom is -0.0622 e. The first-order valence-electron chi connectivity index (χ1n) is 28.7. The van der Waals surface area contributed by atoms with Crippen molar-refractivity contribution in [1.82, 2.24) is 4.98 Å². The van der Waals surface area contributed by atoms with Crippen LogP contribution in [0.2, 0.25) is 0 Å². The number of fused-ring (bicyclic) bond motifs is 3. The van der Waals surface area contributed by atoms with Gasteiger partial charge in [0.1, 0.15) is 23.4 Å². The Bertz CT molecular complexity index is 3700. The number of nitriles is 1. The number of rotatable bonds is 10. The van der Waals surface area contributed by atoms with Gasteiger partial charge in [-0.15, -0.1) is 0 Å². The Morgan fingerprint density at radius 3 is 1.25 bits per heavy atom. The van der Waals surface area contributed by atoms with Crippen molar-refractivity contribution in [3.8, 4) is 17.6 Å². The van der Waals surface area contributed by atoms with Gasteiger partial charge in [0, 0.05) is 26.4 Å². The number of anilines is 2. The summed E-state index contributed by atoms with van der Waals surface area (Å²) in [6.07, 6.45) is 0. The molecule has 0 saturated carbocycles. The molecule has 0 amide bonds. The molecule has 1 fully saturated rings. The Balaban J connectivity index is 0.000000240. The second-order valence-electron chi connectivity index (χ2n) is 20.1. The smallest absolute Gasteiger partial charge is 0.0134 e. The topological polar surface area (TPSA) is 198 Å². The number of nitrogens with zero attached hydrogens (tertiary/aromatic N) is 2. The molecular weight excluding hydrogens is 1500 g/mol. The second kappa shape index (κ2) is 45.6. The number of nitrogen functional groups attached to an aromatic ring is 2. The van der Waals surface area contributed by atoms with E-state index in [0.29, 0.717) is 22.8 Å². The number of benzene rings is 10. The Kier molecular flexibility index (Phi) is 40.9. The van der Waals surface area contributed by atoms with Gasteiger partial charge in [0.2, 0.25) is 0 Å². The first-order valence-corrected chi connectivity index (χ1v) is 53.3. The monoisotopic (exact) mass is 1570 g/mol. The van der Waals surface area contributed by atoms with E-state index in [2.05, 4.69) is 214 Å². The quantitative estimate of drug-likeness (QED) is 0.0329. The van der Waals surface area contributed by atoms with Crippen molar-refractivity contribution in [2.24, 2.45) is 0 Å². The summed E-state index contributed by atoms with van der Waals surface area (Å²) in [7, 11) is 8.43. The zero-order valence-corrected chi connectivity index (χ0v) is 69.8. The van der Waals surface area contributed by atoms with Crippen molar-refractivity contribution >= 4 is 200 Å². The number of halogens is 3. The van der Waals surface area contributed by atoms with Gasteiger partial charge in [-0.1, -0.05) is 218 Å². The average Bonchev–Trinajstić information content (AvgIpc) is 1.78. The summed E-state index contributed by atoms with van der Waals surface area (Å²) in [5.41, 5.74) is 14.4. The molecule has 1 unspecified atom stereocenters. The van der Waals surface area contributed by atoms with Crippen LogP contribution in [0.25, 0.3) is 21.7 Å². The number of pyridine rings is 1. The fourth-order valence-corrected chi connectivity index (χ4v) is 13.8. The van der Waals surface area contributed by atoms with Crippen LogP contribution in [-0.4, -0.2) is 101 Å². The molecular formula is C70H66BBrCl2K3N4O8P3Pd. The van der Waals surface area contributed by atoms with Gasteiger partial charge in [0.15, 0.2) is 0 Å². The maximum Gasteiger partial charge on any atom is -0.0134 e. The van der Waals surface area contributed by atoms with Gasteiger partial charge in [0.05, 0.1) is 36.5 Å². The molecule has 0 spiro atoms. The normalized spacial score (nSPS) is 12.1. The second-order valence-corrected chi connectivity index (χ2v) is 28.4. The predicted octanol–water partition coefficient (Wildman–Crippen LogP) is 9.68. The Hall–Kier alpha value is -1.98. The molecule has 1 saturated heterocycles. The molecule has 0 bridgehead atoms. The number of hydrogen-bond donors (Lipinski definition) is 2. The molecule has 1 atom stereocenters. The summed E-state index contributed by atoms with van der Waals surface area (Å²) < 4.78 is 34.1. The van der Waals surface area contributed by atoms with E-state index in [9.17, 15) is 0 Å². The average molecular weight is 1570 g/mol. The Morgan fingerprint density at radius 1 is 0.559 bits per heavy atom. The van der Waals surface area contributed by atoms with E-state index < -0.39 is 24.1 Å². The molecule has 466 valence electrons. The van der Waals surface area contributed by atoms with Gasteiger partial charge in [-0.05, 0) is 150 Å². The molecule has 23 heteroatoms. The minimum atomic E-state index is -3.15. The van der Waals surface area contributed by atoms with Gasteiger partial charge in [-0.3, -0.25) is 0 Å². The summed E-state index contributed by atoms with van der Waals surface area (Å²) in [6, 6.07) is 93.5. The fourth-order valence-electron chi connectivity index (χ4n) is 8.86. The molecule has 2 heterocycles. The van der Waals surface area contributed by atoms with Crippen molar-refractivity contribution in [3.05, 3.63) is 277 Å². The maximum atomic E-state index is 8.87. The fraction of sp³-hybridized carbons (Fsp3) is 0.114. The van der Waals surface area contributed by atoms with E-state index >= 15 is 0 Å². The van der Waals surface area contributed by atoms with Gasteiger partial charge in [-0.2, -0.15) is 5.26 Å². The summed E-state index contributed by atoms with van der Waals surface area (Å²) in [5, 5.41) is 28.7. The van der Waals surface area contributed by atoms with Crippen LogP contribution < -0.4 is 120 Å². The van der Waals surface area contributed by atoms with Crippen molar-refractivity contribution < 1.29 is 105 Å². The number of nitrogens with two attached hydrogens (primary N) is 2. The van der Waals surface area contributed by atoms with Crippen LogP contribution in [0.15, 0.2) is 271 Å². The van der Waals surface area contributed by atoms with Crippen LogP contribution in [-0.2, 0) is 34.5 Å². The molecule has 1 aliphatic rings. The van der Waals surface area contributed by atoms with Crippen LogP contribution >= 0.6 is 59.1 Å². The van der Waals surface area contributed by atoms with E-state index in [1.165, 1.54) is 95.0 Å². The van der Waals surface area contributed by atoms with Crippen LogP contribution in [0.5, 0.6) is 11.5 Å². The predicted molar refractivity (Wildman–Crippen MR) is 384 cm³/mol. The van der Waals surface area contributed by atoms with Crippen LogP contribution in [0.4, 0.5) is 11.5 Å². The first kappa shape index (κ1) is 83.4. The van der Waals surface area contributed by atoms with E-state index in [0.717, 1.165) is 37.4 Å². The molecule has 4 N–H and O–H groups in total. The number of aromatic nitrogens is 1. The summed E-state index contributed by atoms with van der Waals surface area (Å²) >= 11 is 5.64. The third-order valence-corrected chi connectivity index (χ3v) is 19.6. The number of ether oxygens (including phenoxy) is 2. The number of methoxy groups -OCH3 is 2. The molecule has 1 aromatic heterocycles. The van der Waals surface area contributed by atoms with E-state index in [4.69, 9.17) is 69.3 Å².